The molecule has 1 heterocycles. The van der Waals surface area contributed by atoms with Gasteiger partial charge in [-0.1, -0.05) is 18.2 Å². The average Bonchev–Trinajstić information content (AvgIpc) is 2.62. The molecule has 0 saturated heterocycles. The number of ether oxygens (including phenoxy) is 2. The normalized spacial score (nSPS) is 10.3. The Kier molecular flexibility index (Phi) is 5.22. The van der Waals surface area contributed by atoms with E-state index in [4.69, 9.17) is 9.47 Å². The van der Waals surface area contributed by atoms with Crippen LogP contribution in [0.2, 0.25) is 0 Å². The van der Waals surface area contributed by atoms with E-state index in [1.54, 1.807) is 14.2 Å². The van der Waals surface area contributed by atoms with Crippen molar-refractivity contribution in [3.63, 3.8) is 0 Å². The lowest BCUT2D eigenvalue weighted by molar-refractivity contribution is 0.416. The van der Waals surface area contributed by atoms with E-state index in [0.717, 1.165) is 28.4 Å². The molecule has 1 aromatic heterocycles. The number of nitrogens with one attached hydrogen (secondary N) is 2. The van der Waals surface area contributed by atoms with Crippen LogP contribution < -0.4 is 20.1 Å². The Morgan fingerprint density at radius 3 is 2.04 bits per heavy atom. The van der Waals surface area contributed by atoms with Crippen LogP contribution in [0.4, 0.5) is 23.0 Å². The molecule has 0 aliphatic carbocycles. The highest BCUT2D eigenvalue weighted by Crippen LogP contribution is 2.30. The minimum atomic E-state index is 0.652. The van der Waals surface area contributed by atoms with Crippen LogP contribution in [0.3, 0.4) is 0 Å². The molecule has 0 fully saturated rings. The second kappa shape index (κ2) is 7.74. The van der Waals surface area contributed by atoms with Gasteiger partial charge in [0, 0.05) is 6.07 Å². The third kappa shape index (κ3) is 4.03. The Labute approximate surface area is 153 Å². The first kappa shape index (κ1) is 17.5. The molecule has 0 spiro atoms. The van der Waals surface area contributed by atoms with Crippen LogP contribution in [0, 0.1) is 13.8 Å². The molecule has 26 heavy (non-hydrogen) atoms. The van der Waals surface area contributed by atoms with Gasteiger partial charge in [0.25, 0.3) is 0 Å². The zero-order valence-electron chi connectivity index (χ0n) is 15.3. The predicted octanol–water partition coefficient (Wildman–Crippen LogP) is 4.60. The van der Waals surface area contributed by atoms with Crippen LogP contribution in [0.25, 0.3) is 0 Å². The summed E-state index contributed by atoms with van der Waals surface area (Å²) in [5.41, 5.74) is 2.83. The van der Waals surface area contributed by atoms with E-state index < -0.39 is 0 Å². The maximum atomic E-state index is 5.42. The lowest BCUT2D eigenvalue weighted by Gasteiger charge is -2.14. The summed E-state index contributed by atoms with van der Waals surface area (Å²) >= 11 is 0. The van der Waals surface area contributed by atoms with Crippen molar-refractivity contribution in [1.82, 2.24) is 9.97 Å². The summed E-state index contributed by atoms with van der Waals surface area (Å²) in [6.45, 7) is 3.89. The van der Waals surface area contributed by atoms with E-state index in [-0.39, 0.29) is 0 Å². The number of para-hydroxylation sites is 2. The molecule has 0 radical (unpaired) electrons. The molecule has 0 saturated carbocycles. The Morgan fingerprint density at radius 2 is 1.35 bits per heavy atom. The molecule has 3 aromatic rings. The fourth-order valence-electron chi connectivity index (χ4n) is 2.64. The average molecular weight is 350 g/mol. The van der Waals surface area contributed by atoms with Gasteiger partial charge in [0.2, 0.25) is 0 Å². The number of hydrogen-bond acceptors (Lipinski definition) is 6. The van der Waals surface area contributed by atoms with Crippen LogP contribution >= 0.6 is 0 Å². The minimum absolute atomic E-state index is 0.652. The van der Waals surface area contributed by atoms with Gasteiger partial charge in [0.1, 0.15) is 29.0 Å². The van der Waals surface area contributed by atoms with Crippen molar-refractivity contribution >= 4 is 23.0 Å². The van der Waals surface area contributed by atoms with Gasteiger partial charge in [-0.2, -0.15) is 0 Å². The standard InChI is InChI=1S/C20H22N4O2/c1-13-9-10-18(26-4)16(11-13)24-20-12-19(21-14(2)22-20)23-15-7-5-6-8-17(15)25-3/h5-12H,1-4H3,(H2,21,22,23,24). The second-order valence-corrected chi connectivity index (χ2v) is 5.84. The highest BCUT2D eigenvalue weighted by atomic mass is 16.5. The fraction of sp³-hybridized carbons (Fsp3) is 0.200. The minimum Gasteiger partial charge on any atom is -0.495 e. The van der Waals surface area contributed by atoms with Crippen molar-refractivity contribution in [1.29, 1.82) is 0 Å². The first-order chi connectivity index (χ1) is 12.6. The molecule has 3 rings (SSSR count). The summed E-state index contributed by atoms with van der Waals surface area (Å²) in [7, 11) is 3.29. The monoisotopic (exact) mass is 350 g/mol. The first-order valence-corrected chi connectivity index (χ1v) is 8.26. The van der Waals surface area contributed by atoms with Crippen molar-refractivity contribution in [3.05, 3.63) is 59.9 Å². The summed E-state index contributed by atoms with van der Waals surface area (Å²) < 4.78 is 10.8. The second-order valence-electron chi connectivity index (χ2n) is 5.84. The third-order valence-electron chi connectivity index (χ3n) is 3.83. The molecular formula is C20H22N4O2. The lowest BCUT2D eigenvalue weighted by Crippen LogP contribution is -2.03. The van der Waals surface area contributed by atoms with Crippen LogP contribution in [0.5, 0.6) is 11.5 Å². The van der Waals surface area contributed by atoms with E-state index in [1.807, 2.05) is 62.4 Å². The van der Waals surface area contributed by atoms with Crippen molar-refractivity contribution in [2.24, 2.45) is 0 Å². The van der Waals surface area contributed by atoms with Gasteiger partial charge < -0.3 is 20.1 Å². The number of benzene rings is 2. The van der Waals surface area contributed by atoms with Crippen molar-refractivity contribution < 1.29 is 9.47 Å². The van der Waals surface area contributed by atoms with Gasteiger partial charge in [-0.25, -0.2) is 9.97 Å². The van der Waals surface area contributed by atoms with Crippen molar-refractivity contribution in [2.45, 2.75) is 13.8 Å². The van der Waals surface area contributed by atoms with E-state index in [0.29, 0.717) is 17.5 Å². The number of aryl methyl sites for hydroxylation is 2. The number of nitrogens with zero attached hydrogens (tertiary/aromatic N) is 2. The fourth-order valence-corrected chi connectivity index (χ4v) is 2.64. The van der Waals surface area contributed by atoms with Crippen LogP contribution in [-0.4, -0.2) is 24.2 Å². The van der Waals surface area contributed by atoms with Crippen molar-refractivity contribution in [3.8, 4) is 11.5 Å². The summed E-state index contributed by atoms with van der Waals surface area (Å²) in [5, 5.41) is 6.60. The van der Waals surface area contributed by atoms with Gasteiger partial charge in [0.15, 0.2) is 0 Å². The van der Waals surface area contributed by atoms with Gasteiger partial charge in [-0.3, -0.25) is 0 Å². The Hall–Kier alpha value is -3.28. The molecule has 0 unspecified atom stereocenters. The van der Waals surface area contributed by atoms with E-state index >= 15 is 0 Å². The largest absolute Gasteiger partial charge is 0.495 e. The SMILES string of the molecule is COc1ccccc1Nc1cc(Nc2cc(C)ccc2OC)nc(C)n1. The maximum Gasteiger partial charge on any atom is 0.142 e. The molecule has 0 aliphatic rings. The molecule has 0 bridgehead atoms. The lowest BCUT2D eigenvalue weighted by atomic mass is 10.2. The third-order valence-corrected chi connectivity index (χ3v) is 3.83. The van der Waals surface area contributed by atoms with Crippen LogP contribution in [0.1, 0.15) is 11.4 Å². The molecular weight excluding hydrogens is 328 g/mol. The highest BCUT2D eigenvalue weighted by Gasteiger charge is 2.09. The van der Waals surface area contributed by atoms with E-state index in [1.165, 1.54) is 0 Å². The van der Waals surface area contributed by atoms with Gasteiger partial charge >= 0.3 is 0 Å². The topological polar surface area (TPSA) is 68.3 Å². The zero-order chi connectivity index (χ0) is 18.5. The highest BCUT2D eigenvalue weighted by molar-refractivity contribution is 5.69. The molecule has 2 N–H and O–H groups in total. The molecule has 0 amide bonds. The Balaban J connectivity index is 1.90. The van der Waals surface area contributed by atoms with E-state index in [9.17, 15) is 0 Å². The van der Waals surface area contributed by atoms with Crippen LogP contribution in [0.15, 0.2) is 48.5 Å². The molecule has 134 valence electrons. The number of methoxy groups -OCH3 is 2. The Morgan fingerprint density at radius 1 is 0.731 bits per heavy atom. The number of anilines is 4. The molecule has 6 nitrogen and oxygen atoms in total. The molecule has 0 aliphatic heterocycles. The van der Waals surface area contributed by atoms with Gasteiger partial charge in [-0.05, 0) is 43.7 Å². The van der Waals surface area contributed by atoms with Crippen LogP contribution in [-0.2, 0) is 0 Å². The maximum absolute atomic E-state index is 5.42. The summed E-state index contributed by atoms with van der Waals surface area (Å²) in [5.74, 6) is 3.51. The first-order valence-electron chi connectivity index (χ1n) is 8.26. The molecule has 0 atom stereocenters. The molecule has 2 aromatic carbocycles. The molecule has 6 heteroatoms. The summed E-state index contributed by atoms with van der Waals surface area (Å²) in [6, 6.07) is 15.5. The quantitative estimate of drug-likeness (QED) is 0.677. The summed E-state index contributed by atoms with van der Waals surface area (Å²) in [4.78, 5) is 8.93. The Bertz CT molecular complexity index is 912. The number of aromatic nitrogens is 2. The number of hydrogen-bond donors (Lipinski definition) is 2. The van der Waals surface area contributed by atoms with Crippen molar-refractivity contribution in [2.75, 3.05) is 24.9 Å². The number of rotatable bonds is 6. The summed E-state index contributed by atoms with van der Waals surface area (Å²) in [6.07, 6.45) is 0. The smallest absolute Gasteiger partial charge is 0.142 e. The van der Waals surface area contributed by atoms with Gasteiger partial charge in [-0.15, -0.1) is 0 Å². The van der Waals surface area contributed by atoms with Gasteiger partial charge in [0.05, 0.1) is 25.6 Å². The van der Waals surface area contributed by atoms with E-state index in [2.05, 4.69) is 20.6 Å². The predicted molar refractivity (Wildman–Crippen MR) is 104 cm³/mol. The zero-order valence-corrected chi connectivity index (χ0v) is 15.3.